The molecule has 1 aromatic carbocycles. The summed E-state index contributed by atoms with van der Waals surface area (Å²) in [4.78, 5) is 16.8. The van der Waals surface area contributed by atoms with Gasteiger partial charge in [-0.15, -0.1) is 0 Å². The van der Waals surface area contributed by atoms with Gasteiger partial charge >= 0.3 is 0 Å². The topological polar surface area (TPSA) is 63.2 Å². The number of hydrogen-bond donors (Lipinski definition) is 2. The fraction of sp³-hybridized carbons (Fsp3) is 0.368. The maximum atomic E-state index is 12.5. The van der Waals surface area contributed by atoms with Crippen molar-refractivity contribution in [3.05, 3.63) is 48.2 Å². The number of benzene rings is 1. The SMILES string of the molecule is CCC(C)Nc1cc(C(=O)Nc2ccccc2OC(C)C)ccn1. The first-order chi connectivity index (χ1) is 11.5. The average Bonchev–Trinajstić information content (AvgIpc) is 2.56. The Morgan fingerprint density at radius 3 is 2.67 bits per heavy atom. The molecule has 1 heterocycles. The van der Waals surface area contributed by atoms with E-state index in [-0.39, 0.29) is 12.0 Å². The number of hydrogen-bond acceptors (Lipinski definition) is 4. The van der Waals surface area contributed by atoms with Gasteiger partial charge in [0.25, 0.3) is 5.91 Å². The third kappa shape index (κ3) is 4.98. The lowest BCUT2D eigenvalue weighted by molar-refractivity contribution is 0.102. The summed E-state index contributed by atoms with van der Waals surface area (Å²) in [5.74, 6) is 1.17. The van der Waals surface area contributed by atoms with Crippen LogP contribution in [-0.4, -0.2) is 23.0 Å². The van der Waals surface area contributed by atoms with Gasteiger partial charge in [-0.2, -0.15) is 0 Å². The van der Waals surface area contributed by atoms with Crippen molar-refractivity contribution in [2.45, 2.75) is 46.3 Å². The number of rotatable bonds is 7. The van der Waals surface area contributed by atoms with Gasteiger partial charge in [-0.05, 0) is 51.5 Å². The maximum Gasteiger partial charge on any atom is 0.255 e. The van der Waals surface area contributed by atoms with Crippen LogP contribution < -0.4 is 15.4 Å². The maximum absolute atomic E-state index is 12.5. The van der Waals surface area contributed by atoms with E-state index in [0.717, 1.165) is 6.42 Å². The Labute approximate surface area is 143 Å². The summed E-state index contributed by atoms with van der Waals surface area (Å²) >= 11 is 0. The molecule has 0 fully saturated rings. The molecule has 0 spiro atoms. The van der Waals surface area contributed by atoms with E-state index in [1.165, 1.54) is 0 Å². The Balaban J connectivity index is 2.14. The molecule has 5 nitrogen and oxygen atoms in total. The van der Waals surface area contributed by atoms with Gasteiger partial charge in [0, 0.05) is 17.8 Å². The van der Waals surface area contributed by atoms with Crippen molar-refractivity contribution in [1.29, 1.82) is 0 Å². The second-order valence-electron chi connectivity index (χ2n) is 6.00. The van der Waals surface area contributed by atoms with Crippen molar-refractivity contribution < 1.29 is 9.53 Å². The molecule has 0 saturated carbocycles. The monoisotopic (exact) mass is 327 g/mol. The minimum absolute atomic E-state index is 0.0373. The van der Waals surface area contributed by atoms with Gasteiger partial charge in [0.2, 0.25) is 0 Å². The van der Waals surface area contributed by atoms with Crippen LogP contribution in [-0.2, 0) is 0 Å². The van der Waals surface area contributed by atoms with Gasteiger partial charge in [-0.3, -0.25) is 4.79 Å². The number of nitrogens with zero attached hydrogens (tertiary/aromatic N) is 1. The van der Waals surface area contributed by atoms with Gasteiger partial charge in [-0.1, -0.05) is 19.1 Å². The highest BCUT2D eigenvalue weighted by atomic mass is 16.5. The first-order valence-electron chi connectivity index (χ1n) is 8.29. The third-order valence-corrected chi connectivity index (χ3v) is 3.53. The van der Waals surface area contributed by atoms with Crippen molar-refractivity contribution in [3.63, 3.8) is 0 Å². The van der Waals surface area contributed by atoms with Crippen LogP contribution in [0, 0.1) is 0 Å². The molecule has 0 radical (unpaired) electrons. The summed E-state index contributed by atoms with van der Waals surface area (Å²) in [6.45, 7) is 8.08. The van der Waals surface area contributed by atoms with Crippen molar-refractivity contribution in [2.75, 3.05) is 10.6 Å². The molecule has 128 valence electrons. The number of pyridine rings is 1. The Hall–Kier alpha value is -2.56. The molecule has 1 amide bonds. The standard InChI is InChI=1S/C19H25N3O2/c1-5-14(4)21-18-12-15(10-11-20-18)19(23)22-16-8-6-7-9-17(16)24-13(2)3/h6-14H,5H2,1-4H3,(H,20,21)(H,22,23). The molecule has 2 aromatic rings. The van der Waals surface area contributed by atoms with E-state index in [4.69, 9.17) is 4.74 Å². The van der Waals surface area contributed by atoms with Gasteiger partial charge in [0.1, 0.15) is 11.6 Å². The second-order valence-corrected chi connectivity index (χ2v) is 6.00. The fourth-order valence-corrected chi connectivity index (χ4v) is 2.13. The summed E-state index contributed by atoms with van der Waals surface area (Å²) < 4.78 is 5.73. The highest BCUT2D eigenvalue weighted by Crippen LogP contribution is 2.25. The Morgan fingerprint density at radius 1 is 1.21 bits per heavy atom. The van der Waals surface area contributed by atoms with E-state index in [2.05, 4.69) is 29.5 Å². The number of carbonyl (C=O) groups excluding carboxylic acids is 1. The van der Waals surface area contributed by atoms with E-state index >= 15 is 0 Å². The number of nitrogens with one attached hydrogen (secondary N) is 2. The molecule has 2 rings (SSSR count). The van der Waals surface area contributed by atoms with E-state index in [9.17, 15) is 4.79 Å². The molecule has 0 aliphatic rings. The molecule has 24 heavy (non-hydrogen) atoms. The van der Waals surface area contributed by atoms with Gasteiger partial charge in [0.05, 0.1) is 11.8 Å². The Morgan fingerprint density at radius 2 is 1.96 bits per heavy atom. The predicted molar refractivity (Wildman–Crippen MR) is 97.8 cm³/mol. The molecule has 0 bridgehead atoms. The van der Waals surface area contributed by atoms with Crippen LogP contribution in [0.1, 0.15) is 44.5 Å². The van der Waals surface area contributed by atoms with Crippen molar-refractivity contribution >= 4 is 17.4 Å². The minimum atomic E-state index is -0.190. The Kier molecular flexibility index (Phi) is 6.18. The van der Waals surface area contributed by atoms with Gasteiger partial charge in [-0.25, -0.2) is 4.98 Å². The first kappa shape index (κ1) is 17.8. The number of anilines is 2. The molecular formula is C19H25N3O2. The van der Waals surface area contributed by atoms with Crippen LogP contribution in [0.5, 0.6) is 5.75 Å². The summed E-state index contributed by atoms with van der Waals surface area (Å²) in [5.41, 5.74) is 1.21. The zero-order valence-electron chi connectivity index (χ0n) is 14.7. The number of para-hydroxylation sites is 2. The van der Waals surface area contributed by atoms with Gasteiger partial charge < -0.3 is 15.4 Å². The fourth-order valence-electron chi connectivity index (χ4n) is 2.13. The smallest absolute Gasteiger partial charge is 0.255 e. The van der Waals surface area contributed by atoms with Crippen LogP contribution in [0.15, 0.2) is 42.6 Å². The molecular weight excluding hydrogens is 302 g/mol. The lowest BCUT2D eigenvalue weighted by atomic mass is 10.2. The number of carbonyl (C=O) groups is 1. The predicted octanol–water partition coefficient (Wildman–Crippen LogP) is 4.33. The number of ether oxygens (including phenoxy) is 1. The van der Waals surface area contributed by atoms with Crippen LogP contribution >= 0.6 is 0 Å². The van der Waals surface area contributed by atoms with Crippen LogP contribution in [0.3, 0.4) is 0 Å². The zero-order valence-corrected chi connectivity index (χ0v) is 14.7. The van der Waals surface area contributed by atoms with Crippen LogP contribution in [0.2, 0.25) is 0 Å². The normalized spacial score (nSPS) is 11.9. The van der Waals surface area contributed by atoms with Crippen molar-refractivity contribution in [1.82, 2.24) is 4.98 Å². The second kappa shape index (κ2) is 8.34. The molecule has 0 saturated heterocycles. The molecule has 0 aliphatic heterocycles. The zero-order chi connectivity index (χ0) is 17.5. The van der Waals surface area contributed by atoms with E-state index in [0.29, 0.717) is 28.9 Å². The highest BCUT2D eigenvalue weighted by Gasteiger charge is 2.12. The lowest BCUT2D eigenvalue weighted by Gasteiger charge is -2.15. The summed E-state index contributed by atoms with van der Waals surface area (Å²) in [5, 5.41) is 6.18. The minimum Gasteiger partial charge on any atom is -0.489 e. The quantitative estimate of drug-likeness (QED) is 0.794. The van der Waals surface area contributed by atoms with Crippen molar-refractivity contribution in [2.24, 2.45) is 0 Å². The third-order valence-electron chi connectivity index (χ3n) is 3.53. The van der Waals surface area contributed by atoms with E-state index in [1.54, 1.807) is 18.3 Å². The van der Waals surface area contributed by atoms with Crippen LogP contribution in [0.25, 0.3) is 0 Å². The summed E-state index contributed by atoms with van der Waals surface area (Å²) in [7, 11) is 0. The van der Waals surface area contributed by atoms with Crippen LogP contribution in [0.4, 0.5) is 11.5 Å². The molecule has 1 aromatic heterocycles. The molecule has 1 unspecified atom stereocenters. The average molecular weight is 327 g/mol. The lowest BCUT2D eigenvalue weighted by Crippen LogP contribution is -2.17. The molecule has 1 atom stereocenters. The number of amides is 1. The first-order valence-corrected chi connectivity index (χ1v) is 8.29. The summed E-state index contributed by atoms with van der Waals surface area (Å²) in [6.07, 6.45) is 2.66. The van der Waals surface area contributed by atoms with E-state index < -0.39 is 0 Å². The summed E-state index contributed by atoms with van der Waals surface area (Å²) in [6, 6.07) is 11.2. The molecule has 2 N–H and O–H groups in total. The van der Waals surface area contributed by atoms with Crippen molar-refractivity contribution in [3.8, 4) is 5.75 Å². The van der Waals surface area contributed by atoms with Gasteiger partial charge in [0.15, 0.2) is 0 Å². The largest absolute Gasteiger partial charge is 0.489 e. The highest BCUT2D eigenvalue weighted by molar-refractivity contribution is 6.05. The molecule has 0 aliphatic carbocycles. The molecule has 5 heteroatoms. The Bertz CT molecular complexity index is 686. The van der Waals surface area contributed by atoms with E-state index in [1.807, 2.05) is 38.1 Å². The number of aromatic nitrogens is 1.